The van der Waals surface area contributed by atoms with E-state index >= 15 is 0 Å². The second kappa shape index (κ2) is 2.66. The summed E-state index contributed by atoms with van der Waals surface area (Å²) in [5.41, 5.74) is -0.732. The van der Waals surface area contributed by atoms with Crippen molar-refractivity contribution in [2.24, 2.45) is 5.92 Å². The van der Waals surface area contributed by atoms with Crippen LogP contribution in [0.25, 0.3) is 0 Å². The number of hydrogen-bond donors (Lipinski definition) is 2. The summed E-state index contributed by atoms with van der Waals surface area (Å²) in [6, 6.07) is 0. The Hall–Kier alpha value is -0.170. The van der Waals surface area contributed by atoms with E-state index in [-0.39, 0.29) is 13.1 Å². The van der Waals surface area contributed by atoms with E-state index in [0.29, 0.717) is 5.92 Å². The molecule has 0 aromatic carbocycles. The number of aliphatic hydroxyl groups is 1. The zero-order valence-corrected chi connectivity index (χ0v) is 8.34. The summed E-state index contributed by atoms with van der Waals surface area (Å²) < 4.78 is 25.9. The van der Waals surface area contributed by atoms with Crippen molar-refractivity contribution in [1.29, 1.82) is 0 Å². The highest BCUT2D eigenvalue weighted by molar-refractivity contribution is 7.87. The molecule has 13 heavy (non-hydrogen) atoms. The second-order valence-electron chi connectivity index (χ2n) is 3.86. The van der Waals surface area contributed by atoms with Gasteiger partial charge in [-0.1, -0.05) is 0 Å². The van der Waals surface area contributed by atoms with Crippen LogP contribution < -0.4 is 4.72 Å². The summed E-state index contributed by atoms with van der Waals surface area (Å²) in [6.07, 6.45) is 2.06. The van der Waals surface area contributed by atoms with Gasteiger partial charge in [0.15, 0.2) is 0 Å². The summed E-state index contributed by atoms with van der Waals surface area (Å²) in [4.78, 5) is 0. The predicted molar refractivity (Wildman–Crippen MR) is 47.2 cm³/mol. The Labute approximate surface area is 77.9 Å². The first kappa shape index (κ1) is 9.39. The maximum atomic E-state index is 11.2. The predicted octanol–water partition coefficient (Wildman–Crippen LogP) is -1.09. The SMILES string of the molecule is CNS(=O)(=O)N1CC(O)(C2CC2)C1. The van der Waals surface area contributed by atoms with Gasteiger partial charge in [-0.2, -0.15) is 12.7 Å². The van der Waals surface area contributed by atoms with Gasteiger partial charge in [-0.15, -0.1) is 0 Å². The third-order valence-corrected chi connectivity index (χ3v) is 4.29. The number of β-amino-alcohol motifs (C(OH)–C–C–N with tert-alkyl or cyclic N) is 1. The molecule has 0 amide bonds. The fourth-order valence-electron chi connectivity index (χ4n) is 1.74. The van der Waals surface area contributed by atoms with Gasteiger partial charge in [0, 0.05) is 20.1 Å². The van der Waals surface area contributed by atoms with Crippen LogP contribution >= 0.6 is 0 Å². The fourth-order valence-corrected chi connectivity index (χ4v) is 2.79. The number of hydrogen-bond acceptors (Lipinski definition) is 3. The number of nitrogens with zero attached hydrogens (tertiary/aromatic N) is 1. The molecule has 0 bridgehead atoms. The van der Waals surface area contributed by atoms with Crippen LogP contribution in [0.3, 0.4) is 0 Å². The molecule has 0 aromatic rings. The van der Waals surface area contributed by atoms with Gasteiger partial charge < -0.3 is 5.11 Å². The van der Waals surface area contributed by atoms with Crippen molar-refractivity contribution in [2.45, 2.75) is 18.4 Å². The van der Waals surface area contributed by atoms with Gasteiger partial charge in [0.1, 0.15) is 0 Å². The summed E-state index contributed by atoms with van der Waals surface area (Å²) >= 11 is 0. The summed E-state index contributed by atoms with van der Waals surface area (Å²) in [5, 5.41) is 9.85. The van der Waals surface area contributed by atoms with Crippen molar-refractivity contribution >= 4 is 10.2 Å². The van der Waals surface area contributed by atoms with Crippen LogP contribution in [-0.2, 0) is 10.2 Å². The van der Waals surface area contributed by atoms with Gasteiger partial charge in [-0.3, -0.25) is 0 Å². The molecule has 1 aliphatic heterocycles. The van der Waals surface area contributed by atoms with Gasteiger partial charge in [-0.25, -0.2) is 4.72 Å². The maximum absolute atomic E-state index is 11.2. The van der Waals surface area contributed by atoms with Crippen LogP contribution in [-0.4, -0.2) is 43.6 Å². The molecule has 2 fully saturated rings. The van der Waals surface area contributed by atoms with Gasteiger partial charge in [0.25, 0.3) is 10.2 Å². The Morgan fingerprint density at radius 3 is 2.38 bits per heavy atom. The van der Waals surface area contributed by atoms with E-state index in [1.807, 2.05) is 0 Å². The Balaban J connectivity index is 1.97. The first-order valence-corrected chi connectivity index (χ1v) is 5.83. The molecule has 76 valence electrons. The molecule has 1 saturated carbocycles. The van der Waals surface area contributed by atoms with Gasteiger partial charge in [-0.05, 0) is 18.8 Å². The third kappa shape index (κ3) is 1.48. The largest absolute Gasteiger partial charge is 0.387 e. The normalized spacial score (nSPS) is 28.5. The summed E-state index contributed by atoms with van der Waals surface area (Å²) in [7, 11) is -1.94. The van der Waals surface area contributed by atoms with Crippen LogP contribution in [0, 0.1) is 5.92 Å². The number of nitrogens with one attached hydrogen (secondary N) is 1. The van der Waals surface area contributed by atoms with Gasteiger partial charge >= 0.3 is 0 Å². The highest BCUT2D eigenvalue weighted by Crippen LogP contribution is 2.44. The van der Waals surface area contributed by atoms with Crippen molar-refractivity contribution in [1.82, 2.24) is 9.03 Å². The minimum atomic E-state index is -3.31. The molecule has 0 aromatic heterocycles. The lowest BCUT2D eigenvalue weighted by atomic mass is 9.91. The van der Waals surface area contributed by atoms with Crippen LogP contribution in [0.4, 0.5) is 0 Å². The van der Waals surface area contributed by atoms with Crippen LogP contribution in [0.15, 0.2) is 0 Å². The molecule has 2 N–H and O–H groups in total. The Bertz CT molecular complexity index is 304. The summed E-state index contributed by atoms with van der Waals surface area (Å²) in [6.45, 7) is 0.502. The Kier molecular flexibility index (Phi) is 1.92. The van der Waals surface area contributed by atoms with Crippen LogP contribution in [0.1, 0.15) is 12.8 Å². The van der Waals surface area contributed by atoms with Gasteiger partial charge in [0.05, 0.1) is 5.60 Å². The molecule has 2 rings (SSSR count). The van der Waals surface area contributed by atoms with Gasteiger partial charge in [0.2, 0.25) is 0 Å². The van der Waals surface area contributed by atoms with Crippen molar-refractivity contribution in [3.05, 3.63) is 0 Å². The van der Waals surface area contributed by atoms with Crippen LogP contribution in [0.5, 0.6) is 0 Å². The molecule has 0 unspecified atom stereocenters. The van der Waals surface area contributed by atoms with Crippen LogP contribution in [0.2, 0.25) is 0 Å². The highest BCUT2D eigenvalue weighted by atomic mass is 32.2. The monoisotopic (exact) mass is 206 g/mol. The topological polar surface area (TPSA) is 69.6 Å². The molecule has 1 saturated heterocycles. The molecule has 5 nitrogen and oxygen atoms in total. The molecule has 2 aliphatic rings. The van der Waals surface area contributed by atoms with Crippen molar-refractivity contribution in [3.8, 4) is 0 Å². The quantitative estimate of drug-likeness (QED) is 0.616. The Morgan fingerprint density at radius 2 is 2.00 bits per heavy atom. The summed E-state index contributed by atoms with van der Waals surface area (Å²) in [5.74, 6) is 0.329. The number of rotatable bonds is 3. The molecular formula is C7H14N2O3S. The fraction of sp³-hybridized carbons (Fsp3) is 1.00. The lowest BCUT2D eigenvalue weighted by Gasteiger charge is -2.45. The van der Waals surface area contributed by atoms with Crippen molar-refractivity contribution < 1.29 is 13.5 Å². The van der Waals surface area contributed by atoms with Crippen molar-refractivity contribution in [3.63, 3.8) is 0 Å². The lowest BCUT2D eigenvalue weighted by molar-refractivity contribution is -0.0768. The first-order chi connectivity index (χ1) is 5.98. The molecule has 1 heterocycles. The second-order valence-corrected chi connectivity index (χ2v) is 5.73. The minimum absolute atomic E-state index is 0.251. The highest BCUT2D eigenvalue weighted by Gasteiger charge is 2.54. The lowest BCUT2D eigenvalue weighted by Crippen LogP contribution is -2.66. The zero-order chi connectivity index (χ0) is 9.69. The third-order valence-electron chi connectivity index (χ3n) is 2.84. The van der Waals surface area contributed by atoms with E-state index in [1.54, 1.807) is 0 Å². The smallest absolute Gasteiger partial charge is 0.279 e. The molecule has 0 atom stereocenters. The zero-order valence-electron chi connectivity index (χ0n) is 7.52. The molecular weight excluding hydrogens is 192 g/mol. The maximum Gasteiger partial charge on any atom is 0.279 e. The van der Waals surface area contributed by atoms with E-state index in [0.717, 1.165) is 12.8 Å². The average molecular weight is 206 g/mol. The van der Waals surface area contributed by atoms with E-state index in [9.17, 15) is 13.5 Å². The standard InChI is InChI=1S/C7H14N2O3S/c1-8-13(11,12)9-4-7(10,5-9)6-2-3-6/h6,8,10H,2-5H2,1H3. The molecule has 0 spiro atoms. The van der Waals surface area contributed by atoms with E-state index in [2.05, 4.69) is 4.72 Å². The first-order valence-electron chi connectivity index (χ1n) is 4.39. The molecule has 6 heteroatoms. The Morgan fingerprint density at radius 1 is 1.46 bits per heavy atom. The average Bonchev–Trinajstić information content (AvgIpc) is 2.80. The van der Waals surface area contributed by atoms with E-state index < -0.39 is 15.8 Å². The van der Waals surface area contributed by atoms with E-state index in [1.165, 1.54) is 11.4 Å². The molecule has 1 aliphatic carbocycles. The minimum Gasteiger partial charge on any atom is -0.387 e. The van der Waals surface area contributed by atoms with Crippen molar-refractivity contribution in [2.75, 3.05) is 20.1 Å². The van der Waals surface area contributed by atoms with E-state index in [4.69, 9.17) is 0 Å². The molecule has 0 radical (unpaired) electrons.